The molecule has 0 bridgehead atoms. The van der Waals surface area contributed by atoms with Crippen molar-refractivity contribution in [2.75, 3.05) is 14.2 Å². The van der Waals surface area contributed by atoms with Gasteiger partial charge in [0.1, 0.15) is 11.4 Å². The Morgan fingerprint density at radius 1 is 1.10 bits per heavy atom. The first-order valence-electron chi connectivity index (χ1n) is 8.26. The van der Waals surface area contributed by atoms with Crippen LogP contribution in [-0.2, 0) is 10.9 Å². The summed E-state index contributed by atoms with van der Waals surface area (Å²) in [7, 11) is 2.56. The molecule has 0 spiro atoms. The van der Waals surface area contributed by atoms with Crippen LogP contribution in [0.1, 0.15) is 27.6 Å². The van der Waals surface area contributed by atoms with Crippen LogP contribution in [-0.4, -0.2) is 44.9 Å². The van der Waals surface area contributed by atoms with Gasteiger partial charge in [-0.25, -0.2) is 24.4 Å². The van der Waals surface area contributed by atoms with E-state index in [2.05, 4.69) is 20.1 Å². The highest BCUT2D eigenvalue weighted by Crippen LogP contribution is 2.32. The van der Waals surface area contributed by atoms with E-state index in [0.29, 0.717) is 17.0 Å². The summed E-state index contributed by atoms with van der Waals surface area (Å²) in [5.74, 6) is -0.180. The van der Waals surface area contributed by atoms with Crippen LogP contribution in [0.3, 0.4) is 0 Å². The number of methoxy groups -OCH3 is 2. The number of pyridine rings is 1. The van der Waals surface area contributed by atoms with Crippen molar-refractivity contribution in [1.82, 2.24) is 24.7 Å². The number of rotatable bonds is 4. The Hall–Kier alpha value is -3.50. The second-order valence-corrected chi connectivity index (χ2v) is 6.01. The van der Waals surface area contributed by atoms with Gasteiger partial charge in [-0.1, -0.05) is 0 Å². The number of hydrogen-bond acceptors (Lipinski definition) is 7. The van der Waals surface area contributed by atoms with Crippen LogP contribution in [0.25, 0.3) is 16.9 Å². The predicted octanol–water partition coefficient (Wildman–Crippen LogP) is 3.16. The monoisotopic (exact) mass is 407 g/mol. The number of ether oxygens (including phenoxy) is 2. The molecule has 3 aromatic rings. The van der Waals surface area contributed by atoms with E-state index in [-0.39, 0.29) is 23.0 Å². The molecule has 0 aliphatic rings. The van der Waals surface area contributed by atoms with E-state index in [1.807, 2.05) is 0 Å². The van der Waals surface area contributed by atoms with Crippen molar-refractivity contribution in [2.45, 2.75) is 20.0 Å². The fraction of sp³-hybridized carbons (Fsp3) is 0.278. The predicted molar refractivity (Wildman–Crippen MR) is 94.8 cm³/mol. The van der Waals surface area contributed by atoms with Crippen molar-refractivity contribution in [3.8, 4) is 22.8 Å². The smallest absolute Gasteiger partial charge is 0.435 e. The summed E-state index contributed by atoms with van der Waals surface area (Å²) in [6, 6.07) is 2.37. The summed E-state index contributed by atoms with van der Waals surface area (Å²) in [5, 5.41) is 3.65. The van der Waals surface area contributed by atoms with Gasteiger partial charge in [0.05, 0.1) is 14.2 Å². The van der Waals surface area contributed by atoms with Crippen LogP contribution in [0.5, 0.6) is 5.88 Å². The van der Waals surface area contributed by atoms with Crippen LogP contribution in [0, 0.1) is 13.8 Å². The fourth-order valence-corrected chi connectivity index (χ4v) is 2.67. The highest BCUT2D eigenvalue weighted by atomic mass is 19.4. The molecule has 0 aliphatic carbocycles. The van der Waals surface area contributed by atoms with E-state index in [0.717, 1.165) is 10.7 Å². The number of carbonyl (C=O) groups excluding carboxylic acids is 1. The minimum atomic E-state index is -4.60. The highest BCUT2D eigenvalue weighted by molar-refractivity contribution is 5.93. The van der Waals surface area contributed by atoms with E-state index >= 15 is 0 Å². The largest absolute Gasteiger partial charge is 0.480 e. The summed E-state index contributed by atoms with van der Waals surface area (Å²) in [6.07, 6.45) is -1.78. The average molecular weight is 407 g/mol. The van der Waals surface area contributed by atoms with Crippen molar-refractivity contribution in [3.63, 3.8) is 0 Å². The molecule has 3 rings (SSSR count). The third kappa shape index (κ3) is 3.89. The Kier molecular flexibility index (Phi) is 5.23. The molecule has 29 heavy (non-hydrogen) atoms. The molecule has 0 N–H and O–H groups in total. The second-order valence-electron chi connectivity index (χ2n) is 6.01. The Balaban J connectivity index is 2.22. The van der Waals surface area contributed by atoms with Gasteiger partial charge in [-0.3, -0.25) is 0 Å². The summed E-state index contributed by atoms with van der Waals surface area (Å²) in [4.78, 5) is 24.5. The van der Waals surface area contributed by atoms with Crippen molar-refractivity contribution in [3.05, 3.63) is 47.3 Å². The molecular formula is C18H16F3N5O3. The minimum Gasteiger partial charge on any atom is -0.480 e. The number of esters is 1. The first kappa shape index (κ1) is 20.2. The molecule has 0 amide bonds. The number of aryl methyl sites for hydroxylation is 2. The van der Waals surface area contributed by atoms with Gasteiger partial charge in [0.2, 0.25) is 5.88 Å². The molecule has 152 valence electrons. The maximum Gasteiger partial charge on any atom is 0.435 e. The van der Waals surface area contributed by atoms with E-state index in [9.17, 15) is 18.0 Å². The second kappa shape index (κ2) is 7.49. The standard InChI is InChI=1S/C18H16F3N5O3/c1-9-5-14(18(19,20)21)25-26(9)15-13(8-22-10(2)24-15)11-6-12(17(27)29-4)16(28-3)23-7-11/h5-8H,1-4H3. The lowest BCUT2D eigenvalue weighted by Crippen LogP contribution is -2.11. The molecule has 0 atom stereocenters. The van der Waals surface area contributed by atoms with Gasteiger partial charge in [0.15, 0.2) is 11.5 Å². The van der Waals surface area contributed by atoms with Crippen LogP contribution in [0.2, 0.25) is 0 Å². The zero-order valence-corrected chi connectivity index (χ0v) is 15.9. The molecule has 0 aliphatic heterocycles. The van der Waals surface area contributed by atoms with E-state index in [1.165, 1.54) is 39.6 Å². The van der Waals surface area contributed by atoms with Crippen LogP contribution < -0.4 is 4.74 Å². The fourth-order valence-electron chi connectivity index (χ4n) is 2.67. The molecule has 3 heterocycles. The lowest BCUT2D eigenvalue weighted by atomic mass is 10.1. The quantitative estimate of drug-likeness (QED) is 0.614. The maximum atomic E-state index is 13.1. The third-order valence-electron chi connectivity index (χ3n) is 4.03. The Labute approximate surface area is 163 Å². The summed E-state index contributed by atoms with van der Waals surface area (Å²) in [5.41, 5.74) is -0.0562. The number of halogens is 3. The lowest BCUT2D eigenvalue weighted by molar-refractivity contribution is -0.141. The van der Waals surface area contributed by atoms with E-state index in [4.69, 9.17) is 9.47 Å². The number of aromatic nitrogens is 5. The first-order chi connectivity index (χ1) is 13.7. The third-order valence-corrected chi connectivity index (χ3v) is 4.03. The van der Waals surface area contributed by atoms with Crippen molar-refractivity contribution in [2.24, 2.45) is 0 Å². The molecule has 0 aromatic carbocycles. The summed E-state index contributed by atoms with van der Waals surface area (Å²) in [6.45, 7) is 3.08. The van der Waals surface area contributed by atoms with Gasteiger partial charge in [-0.15, -0.1) is 0 Å². The normalized spacial score (nSPS) is 11.4. The van der Waals surface area contributed by atoms with Gasteiger partial charge < -0.3 is 9.47 Å². The topological polar surface area (TPSA) is 92.0 Å². The van der Waals surface area contributed by atoms with Gasteiger partial charge in [0, 0.05) is 29.2 Å². The first-order valence-corrected chi connectivity index (χ1v) is 8.26. The number of hydrogen-bond donors (Lipinski definition) is 0. The van der Waals surface area contributed by atoms with Gasteiger partial charge in [-0.2, -0.15) is 18.3 Å². The van der Waals surface area contributed by atoms with Crippen LogP contribution in [0.4, 0.5) is 13.2 Å². The molecular weight excluding hydrogens is 391 g/mol. The SMILES string of the molecule is COC(=O)c1cc(-c2cnc(C)nc2-n2nc(C(F)(F)F)cc2C)cnc1OC. The Morgan fingerprint density at radius 3 is 2.41 bits per heavy atom. The Morgan fingerprint density at radius 2 is 1.83 bits per heavy atom. The molecule has 0 radical (unpaired) electrons. The number of alkyl halides is 3. The summed E-state index contributed by atoms with van der Waals surface area (Å²) >= 11 is 0. The van der Waals surface area contributed by atoms with Gasteiger partial charge in [0.25, 0.3) is 0 Å². The lowest BCUT2D eigenvalue weighted by Gasteiger charge is -2.12. The minimum absolute atomic E-state index is 0.0461. The maximum absolute atomic E-state index is 13.1. The number of carbonyl (C=O) groups is 1. The van der Waals surface area contributed by atoms with Crippen LogP contribution >= 0.6 is 0 Å². The van der Waals surface area contributed by atoms with Crippen LogP contribution in [0.15, 0.2) is 24.5 Å². The average Bonchev–Trinajstić information content (AvgIpc) is 3.09. The van der Waals surface area contributed by atoms with Gasteiger partial charge >= 0.3 is 12.1 Å². The molecule has 3 aromatic heterocycles. The molecule has 0 saturated heterocycles. The van der Waals surface area contributed by atoms with Crippen molar-refractivity contribution in [1.29, 1.82) is 0 Å². The zero-order valence-electron chi connectivity index (χ0n) is 15.9. The molecule has 11 heteroatoms. The van der Waals surface area contributed by atoms with Crippen molar-refractivity contribution < 1.29 is 27.4 Å². The summed E-state index contributed by atoms with van der Waals surface area (Å²) < 4.78 is 50.1. The molecule has 0 fully saturated rings. The van der Waals surface area contributed by atoms with E-state index < -0.39 is 17.8 Å². The van der Waals surface area contributed by atoms with E-state index in [1.54, 1.807) is 6.92 Å². The number of nitrogens with zero attached hydrogens (tertiary/aromatic N) is 5. The molecule has 0 unspecified atom stereocenters. The highest BCUT2D eigenvalue weighted by Gasteiger charge is 2.35. The zero-order chi connectivity index (χ0) is 21.3. The molecule has 0 saturated carbocycles. The Bertz CT molecular complexity index is 1080. The van der Waals surface area contributed by atoms with Crippen molar-refractivity contribution >= 4 is 5.97 Å². The van der Waals surface area contributed by atoms with Gasteiger partial charge in [-0.05, 0) is 26.0 Å². The molecule has 8 nitrogen and oxygen atoms in total.